The van der Waals surface area contributed by atoms with Gasteiger partial charge < -0.3 is 24.1 Å². The van der Waals surface area contributed by atoms with Crippen LogP contribution in [0.4, 0.5) is 5.69 Å². The van der Waals surface area contributed by atoms with E-state index in [2.05, 4.69) is 24.0 Å². The Bertz CT molecular complexity index is 1470. The van der Waals surface area contributed by atoms with E-state index in [0.717, 1.165) is 57.4 Å². The largest absolute Gasteiger partial charge is 0.481 e. The van der Waals surface area contributed by atoms with Gasteiger partial charge in [0.1, 0.15) is 6.61 Å². The molecule has 2 aromatic carbocycles. The molecule has 1 amide bonds. The van der Waals surface area contributed by atoms with Crippen LogP contribution in [-0.2, 0) is 9.53 Å². The van der Waals surface area contributed by atoms with E-state index in [0.29, 0.717) is 23.2 Å². The first-order valence-corrected chi connectivity index (χ1v) is 18.3. The molecule has 1 saturated heterocycles. The van der Waals surface area contributed by atoms with Crippen molar-refractivity contribution >= 4 is 23.5 Å². The number of carboxylic acid groups (broad SMARTS) is 1. The first-order valence-electron chi connectivity index (χ1n) is 18.3. The van der Waals surface area contributed by atoms with Gasteiger partial charge in [-0.25, -0.2) is 4.79 Å². The van der Waals surface area contributed by atoms with Crippen LogP contribution in [0.25, 0.3) is 0 Å². The Labute approximate surface area is 291 Å². The number of furan rings is 1. The summed E-state index contributed by atoms with van der Waals surface area (Å²) in [5.41, 5.74) is 1.77. The van der Waals surface area contributed by atoms with Gasteiger partial charge in [-0.15, -0.1) is 0 Å². The number of likely N-dealkylation sites (tertiary alicyclic amines) is 1. The molecular weight excluding hydrogens is 616 g/mol. The average Bonchev–Trinajstić information content (AvgIpc) is 3.67. The third kappa shape index (κ3) is 9.84. The summed E-state index contributed by atoms with van der Waals surface area (Å²) in [5, 5.41) is 9.98. The zero-order valence-electron chi connectivity index (χ0n) is 29.4. The molecule has 264 valence electrons. The molecule has 0 spiro atoms. The molecule has 5 rings (SSSR count). The van der Waals surface area contributed by atoms with Crippen LogP contribution in [-0.4, -0.2) is 60.1 Å². The Kier molecular flexibility index (Phi) is 12.7. The highest BCUT2D eigenvalue weighted by Crippen LogP contribution is 2.44. The summed E-state index contributed by atoms with van der Waals surface area (Å²) in [4.78, 5) is 42.7. The van der Waals surface area contributed by atoms with Gasteiger partial charge in [-0.3, -0.25) is 9.59 Å². The second kappa shape index (κ2) is 17.1. The molecule has 49 heavy (non-hydrogen) atoms. The standard InChI is InChI=1S/C41H54N2O6/c1-32-16-18-34(19-17-32)43(37(44)36-15-12-30-48-36)35-20-27-42(28-21-35)29-26-41(24-10-5-11-25-41)23-9-4-8-22-40(2,39(46)47)31-49-38(45)33-13-6-3-7-14-33/h3,6-7,12-19,30,35H,4-5,8-11,20-29,31H2,1-2H3,(H,46,47). The van der Waals surface area contributed by atoms with Crippen molar-refractivity contribution in [2.75, 3.05) is 31.1 Å². The molecule has 1 saturated carbocycles. The minimum atomic E-state index is -1.10. The number of benzene rings is 2. The van der Waals surface area contributed by atoms with Crippen LogP contribution in [0.3, 0.4) is 0 Å². The van der Waals surface area contributed by atoms with Crippen LogP contribution < -0.4 is 4.90 Å². The maximum atomic E-state index is 13.6. The van der Waals surface area contributed by atoms with Crippen molar-refractivity contribution in [2.45, 2.75) is 103 Å². The van der Waals surface area contributed by atoms with Crippen LogP contribution in [0.5, 0.6) is 0 Å². The van der Waals surface area contributed by atoms with Crippen molar-refractivity contribution in [1.29, 1.82) is 0 Å². The van der Waals surface area contributed by atoms with Gasteiger partial charge in [0.05, 0.1) is 17.2 Å². The molecule has 2 fully saturated rings. The zero-order valence-corrected chi connectivity index (χ0v) is 29.4. The molecule has 8 heteroatoms. The molecule has 1 unspecified atom stereocenters. The lowest BCUT2D eigenvalue weighted by molar-refractivity contribution is -0.151. The quantitative estimate of drug-likeness (QED) is 0.120. The maximum absolute atomic E-state index is 13.6. The molecule has 1 aliphatic carbocycles. The van der Waals surface area contributed by atoms with Gasteiger partial charge in [-0.2, -0.15) is 0 Å². The summed E-state index contributed by atoms with van der Waals surface area (Å²) in [6.45, 7) is 6.63. The minimum Gasteiger partial charge on any atom is -0.481 e. The molecule has 2 aliphatic rings. The van der Waals surface area contributed by atoms with E-state index in [-0.39, 0.29) is 18.6 Å². The van der Waals surface area contributed by atoms with E-state index < -0.39 is 17.4 Å². The van der Waals surface area contributed by atoms with E-state index in [1.165, 1.54) is 50.5 Å². The van der Waals surface area contributed by atoms with E-state index in [4.69, 9.17) is 9.15 Å². The Morgan fingerprint density at radius 3 is 2.29 bits per heavy atom. The van der Waals surface area contributed by atoms with E-state index in [9.17, 15) is 19.5 Å². The fourth-order valence-corrected chi connectivity index (χ4v) is 7.76. The van der Waals surface area contributed by atoms with Crippen LogP contribution in [0.15, 0.2) is 77.4 Å². The summed E-state index contributed by atoms with van der Waals surface area (Å²) in [7, 11) is 0. The third-order valence-electron chi connectivity index (χ3n) is 11.0. The summed E-state index contributed by atoms with van der Waals surface area (Å²) in [6, 6.07) is 20.6. The van der Waals surface area contributed by atoms with Crippen LogP contribution in [0, 0.1) is 17.8 Å². The van der Waals surface area contributed by atoms with Crippen LogP contribution >= 0.6 is 0 Å². The number of amides is 1. The number of unbranched alkanes of at least 4 members (excludes halogenated alkanes) is 2. The highest BCUT2D eigenvalue weighted by atomic mass is 16.5. The number of rotatable bonds is 16. The van der Waals surface area contributed by atoms with Gasteiger partial charge in [0, 0.05) is 24.8 Å². The maximum Gasteiger partial charge on any atom is 0.338 e. The highest BCUT2D eigenvalue weighted by Gasteiger charge is 2.36. The van der Waals surface area contributed by atoms with Gasteiger partial charge in [-0.1, -0.05) is 74.4 Å². The smallest absolute Gasteiger partial charge is 0.338 e. The first-order chi connectivity index (χ1) is 23.7. The molecule has 1 aliphatic heterocycles. The normalized spacial score (nSPS) is 18.0. The molecule has 8 nitrogen and oxygen atoms in total. The Balaban J connectivity index is 1.09. The number of carbonyl (C=O) groups is 3. The number of carbonyl (C=O) groups excluding carboxylic acids is 2. The molecular formula is C41H54N2O6. The Hall–Kier alpha value is -3.91. The molecule has 1 N–H and O–H groups in total. The van der Waals surface area contributed by atoms with E-state index in [1.54, 1.807) is 49.6 Å². The van der Waals surface area contributed by atoms with Gasteiger partial charge >= 0.3 is 11.9 Å². The van der Waals surface area contributed by atoms with Gasteiger partial charge in [-0.05, 0) is 107 Å². The summed E-state index contributed by atoms with van der Waals surface area (Å²) >= 11 is 0. The predicted molar refractivity (Wildman–Crippen MR) is 192 cm³/mol. The van der Waals surface area contributed by atoms with Gasteiger partial charge in [0.2, 0.25) is 0 Å². The molecule has 2 heterocycles. The minimum absolute atomic E-state index is 0.0784. The second-order valence-corrected chi connectivity index (χ2v) is 14.7. The molecule has 1 atom stereocenters. The fraction of sp³-hybridized carbons (Fsp3) is 0.537. The molecule has 0 radical (unpaired) electrons. The van der Waals surface area contributed by atoms with Crippen molar-refractivity contribution in [1.82, 2.24) is 4.90 Å². The number of esters is 1. The lowest BCUT2D eigenvalue weighted by Crippen LogP contribution is -2.48. The summed E-state index contributed by atoms with van der Waals surface area (Å²) in [5.74, 6) is -1.11. The number of nitrogens with zero attached hydrogens (tertiary/aromatic N) is 2. The van der Waals surface area contributed by atoms with Crippen LogP contribution in [0.1, 0.15) is 117 Å². The monoisotopic (exact) mass is 670 g/mol. The molecule has 0 bridgehead atoms. The first kappa shape index (κ1) is 36.4. The molecule has 3 aromatic rings. The topological polar surface area (TPSA) is 100 Å². The van der Waals surface area contributed by atoms with Gasteiger partial charge in [0.15, 0.2) is 5.76 Å². The van der Waals surface area contributed by atoms with Crippen molar-refractivity contribution < 1.29 is 28.6 Å². The lowest BCUT2D eigenvalue weighted by atomic mass is 9.68. The lowest BCUT2D eigenvalue weighted by Gasteiger charge is -2.42. The zero-order chi connectivity index (χ0) is 34.7. The number of ether oxygens (including phenoxy) is 1. The average molecular weight is 671 g/mol. The number of anilines is 1. The summed E-state index contributed by atoms with van der Waals surface area (Å²) in [6.07, 6.45) is 15.5. The van der Waals surface area contributed by atoms with Crippen molar-refractivity contribution in [2.24, 2.45) is 10.8 Å². The Morgan fingerprint density at radius 1 is 0.918 bits per heavy atom. The third-order valence-corrected chi connectivity index (χ3v) is 11.0. The number of aryl methyl sites for hydroxylation is 1. The van der Waals surface area contributed by atoms with Crippen molar-refractivity contribution in [3.05, 3.63) is 89.9 Å². The van der Waals surface area contributed by atoms with Crippen LogP contribution in [0.2, 0.25) is 0 Å². The SMILES string of the molecule is Cc1ccc(N(C(=O)c2ccco2)C2CCN(CCC3(CCCCCC(C)(COC(=O)c4ccccc4)C(=O)O)CCCCC3)CC2)cc1. The second-order valence-electron chi connectivity index (χ2n) is 14.7. The number of carboxylic acids is 1. The van der Waals surface area contributed by atoms with Crippen molar-refractivity contribution in [3.63, 3.8) is 0 Å². The predicted octanol–water partition coefficient (Wildman–Crippen LogP) is 8.94. The molecule has 1 aromatic heterocycles. The number of aliphatic carboxylic acids is 1. The van der Waals surface area contributed by atoms with E-state index >= 15 is 0 Å². The number of hydrogen-bond donors (Lipinski definition) is 1. The summed E-state index contributed by atoms with van der Waals surface area (Å²) < 4.78 is 11.0. The van der Waals surface area contributed by atoms with Crippen molar-refractivity contribution in [3.8, 4) is 0 Å². The fourth-order valence-electron chi connectivity index (χ4n) is 7.76. The number of piperidine rings is 1. The number of hydrogen-bond acceptors (Lipinski definition) is 6. The van der Waals surface area contributed by atoms with Gasteiger partial charge in [0.25, 0.3) is 5.91 Å². The Morgan fingerprint density at radius 2 is 1.63 bits per heavy atom. The highest BCUT2D eigenvalue weighted by molar-refractivity contribution is 6.04. The van der Waals surface area contributed by atoms with E-state index in [1.807, 2.05) is 23.1 Å².